The molecule has 0 amide bonds. The number of rotatable bonds is 17. The molecule has 0 heterocycles. The van der Waals surface area contributed by atoms with Gasteiger partial charge in [0.15, 0.2) is 0 Å². The fourth-order valence-electron chi connectivity index (χ4n) is 2.75. The molecule has 1 N–H and O–H groups in total. The highest BCUT2D eigenvalue weighted by Crippen LogP contribution is 2.15. The number of unbranched alkanes of at least 4 members (excludes halogenated alkanes) is 11. The van der Waals surface area contributed by atoms with Gasteiger partial charge in [-0.25, -0.2) is 0 Å². The molecule has 0 aromatic heterocycles. The van der Waals surface area contributed by atoms with Crippen molar-refractivity contribution >= 4 is 5.97 Å². The summed E-state index contributed by atoms with van der Waals surface area (Å²) in [6, 6.07) is 0. The molecule has 0 aliphatic carbocycles. The number of nitro groups is 1. The fraction of sp³-hybridized carbons (Fsp3) is 0.842. The molecule has 0 aromatic carbocycles. The van der Waals surface area contributed by atoms with Crippen molar-refractivity contribution in [2.24, 2.45) is 0 Å². The molecule has 0 rings (SSSR count). The van der Waals surface area contributed by atoms with E-state index < -0.39 is 5.97 Å². The van der Waals surface area contributed by atoms with Gasteiger partial charge in [0.25, 0.3) is 0 Å². The number of hydrogen-bond donors (Lipinski definition) is 1. The van der Waals surface area contributed by atoms with Crippen LogP contribution in [0.5, 0.6) is 0 Å². The van der Waals surface area contributed by atoms with Crippen LogP contribution in [0.1, 0.15) is 103 Å². The average Bonchev–Trinajstić information content (AvgIpc) is 2.53. The number of aliphatic carboxylic acids is 1. The smallest absolute Gasteiger partial charge is 0.303 e. The van der Waals surface area contributed by atoms with Gasteiger partial charge in [-0.2, -0.15) is 0 Å². The van der Waals surface area contributed by atoms with E-state index in [1.165, 1.54) is 44.9 Å². The first-order valence-electron chi connectivity index (χ1n) is 9.63. The van der Waals surface area contributed by atoms with Crippen molar-refractivity contribution in [2.45, 2.75) is 103 Å². The summed E-state index contributed by atoms with van der Waals surface area (Å²) >= 11 is 0. The summed E-state index contributed by atoms with van der Waals surface area (Å²) in [5.41, 5.74) is 0.330. The molecule has 0 aliphatic heterocycles. The van der Waals surface area contributed by atoms with E-state index in [9.17, 15) is 14.9 Å². The van der Waals surface area contributed by atoms with Gasteiger partial charge in [0.1, 0.15) is 0 Å². The van der Waals surface area contributed by atoms with Crippen molar-refractivity contribution in [1.29, 1.82) is 0 Å². The van der Waals surface area contributed by atoms with E-state index in [1.54, 1.807) is 6.08 Å². The summed E-state index contributed by atoms with van der Waals surface area (Å²) in [5.74, 6) is -0.776. The number of carboxylic acid groups (broad SMARTS) is 1. The zero-order valence-electron chi connectivity index (χ0n) is 15.3. The largest absolute Gasteiger partial charge is 0.481 e. The van der Waals surface area contributed by atoms with Crippen molar-refractivity contribution in [2.75, 3.05) is 0 Å². The van der Waals surface area contributed by atoms with Gasteiger partial charge in [0.2, 0.25) is 5.70 Å². The molecule has 0 spiro atoms. The highest BCUT2D eigenvalue weighted by Gasteiger charge is 2.09. The Labute approximate surface area is 146 Å². The van der Waals surface area contributed by atoms with Gasteiger partial charge in [-0.1, -0.05) is 64.7 Å². The molecule has 0 aromatic rings. The Morgan fingerprint density at radius 2 is 1.38 bits per heavy atom. The van der Waals surface area contributed by atoms with Crippen LogP contribution < -0.4 is 0 Å². The van der Waals surface area contributed by atoms with E-state index in [4.69, 9.17) is 5.11 Å². The Bertz CT molecular complexity index is 366. The SMILES string of the molecule is CCCCCCCCCCCC(=CCCCCCC(=O)O)[N+](=O)[O-]. The van der Waals surface area contributed by atoms with Crippen LogP contribution in [0.15, 0.2) is 11.8 Å². The Morgan fingerprint density at radius 1 is 0.875 bits per heavy atom. The van der Waals surface area contributed by atoms with Crippen LogP contribution in [0.4, 0.5) is 0 Å². The molecule has 0 unspecified atom stereocenters. The van der Waals surface area contributed by atoms with Gasteiger partial charge in [0, 0.05) is 12.8 Å². The standard InChI is InChI=1S/C19H35NO4/c1-2-3-4-5-6-7-8-9-12-15-18(20(23)24)16-13-10-11-14-17-19(21)22/h16H,2-15,17H2,1H3,(H,21,22). The van der Waals surface area contributed by atoms with Crippen molar-refractivity contribution in [3.05, 3.63) is 21.9 Å². The minimum Gasteiger partial charge on any atom is -0.481 e. The third kappa shape index (κ3) is 15.5. The lowest BCUT2D eigenvalue weighted by molar-refractivity contribution is -0.428. The average molecular weight is 341 g/mol. The van der Waals surface area contributed by atoms with Gasteiger partial charge in [-0.05, 0) is 31.8 Å². The van der Waals surface area contributed by atoms with Crippen LogP contribution in [0, 0.1) is 10.1 Å². The monoisotopic (exact) mass is 341 g/mol. The van der Waals surface area contributed by atoms with Crippen LogP contribution in [0.3, 0.4) is 0 Å². The molecule has 0 fully saturated rings. The van der Waals surface area contributed by atoms with Crippen LogP contribution in [-0.2, 0) is 4.79 Å². The lowest BCUT2D eigenvalue weighted by atomic mass is 10.1. The van der Waals surface area contributed by atoms with Crippen LogP contribution in [0.25, 0.3) is 0 Å². The minimum atomic E-state index is -0.776. The molecule has 0 bridgehead atoms. The fourth-order valence-corrected chi connectivity index (χ4v) is 2.75. The van der Waals surface area contributed by atoms with Gasteiger partial charge in [-0.3, -0.25) is 14.9 Å². The predicted octanol–water partition coefficient (Wildman–Crippen LogP) is 6.10. The van der Waals surface area contributed by atoms with Gasteiger partial charge >= 0.3 is 5.97 Å². The van der Waals surface area contributed by atoms with Crippen LogP contribution in [0.2, 0.25) is 0 Å². The van der Waals surface area contributed by atoms with E-state index >= 15 is 0 Å². The second-order valence-corrected chi connectivity index (χ2v) is 6.52. The van der Waals surface area contributed by atoms with E-state index in [0.717, 1.165) is 25.7 Å². The molecule has 5 heteroatoms. The summed E-state index contributed by atoms with van der Waals surface area (Å²) < 4.78 is 0. The predicted molar refractivity (Wildman–Crippen MR) is 97.6 cm³/mol. The molecule has 5 nitrogen and oxygen atoms in total. The van der Waals surface area contributed by atoms with Crippen molar-refractivity contribution in [3.8, 4) is 0 Å². The summed E-state index contributed by atoms with van der Waals surface area (Å²) in [6.45, 7) is 2.22. The van der Waals surface area contributed by atoms with Crippen LogP contribution in [-0.4, -0.2) is 16.0 Å². The summed E-state index contributed by atoms with van der Waals surface area (Å²) in [6.07, 6.45) is 16.3. The Balaban J connectivity index is 3.67. The van der Waals surface area contributed by atoms with E-state index in [0.29, 0.717) is 25.0 Å². The molecule has 0 saturated carbocycles. The summed E-state index contributed by atoms with van der Waals surface area (Å²) in [7, 11) is 0. The van der Waals surface area contributed by atoms with Crippen molar-refractivity contribution in [1.82, 2.24) is 0 Å². The van der Waals surface area contributed by atoms with Crippen LogP contribution >= 0.6 is 0 Å². The zero-order valence-corrected chi connectivity index (χ0v) is 15.3. The van der Waals surface area contributed by atoms with Gasteiger partial charge in [-0.15, -0.1) is 0 Å². The topological polar surface area (TPSA) is 80.4 Å². The quantitative estimate of drug-likeness (QED) is 0.197. The maximum absolute atomic E-state index is 11.0. The number of carboxylic acids is 1. The van der Waals surface area contributed by atoms with E-state index in [2.05, 4.69) is 6.92 Å². The van der Waals surface area contributed by atoms with Crippen molar-refractivity contribution < 1.29 is 14.8 Å². The van der Waals surface area contributed by atoms with Gasteiger partial charge < -0.3 is 5.11 Å². The zero-order chi connectivity index (χ0) is 18.0. The first kappa shape index (κ1) is 22.6. The Hall–Kier alpha value is -1.39. The minimum absolute atomic E-state index is 0.185. The Morgan fingerprint density at radius 3 is 1.92 bits per heavy atom. The maximum Gasteiger partial charge on any atom is 0.303 e. The molecule has 0 saturated heterocycles. The normalized spacial score (nSPS) is 11.6. The van der Waals surface area contributed by atoms with Crippen molar-refractivity contribution in [3.63, 3.8) is 0 Å². The highest BCUT2D eigenvalue weighted by atomic mass is 16.6. The number of carbonyl (C=O) groups is 1. The highest BCUT2D eigenvalue weighted by molar-refractivity contribution is 5.66. The molecule has 24 heavy (non-hydrogen) atoms. The second-order valence-electron chi connectivity index (χ2n) is 6.52. The third-order valence-electron chi connectivity index (χ3n) is 4.25. The number of hydrogen-bond acceptors (Lipinski definition) is 3. The molecular formula is C19H35NO4. The molecule has 0 atom stereocenters. The first-order chi connectivity index (χ1) is 11.6. The number of nitrogens with zero attached hydrogens (tertiary/aromatic N) is 1. The molecule has 140 valence electrons. The lowest BCUT2D eigenvalue weighted by Crippen LogP contribution is -1.99. The maximum atomic E-state index is 11.0. The first-order valence-corrected chi connectivity index (χ1v) is 9.63. The summed E-state index contributed by atoms with van der Waals surface area (Å²) in [4.78, 5) is 21.2. The third-order valence-corrected chi connectivity index (χ3v) is 4.25. The van der Waals surface area contributed by atoms with Gasteiger partial charge in [0.05, 0.1) is 4.92 Å². The number of allylic oxidation sites excluding steroid dienone is 2. The second kappa shape index (κ2) is 16.5. The lowest BCUT2D eigenvalue weighted by Gasteiger charge is -2.02. The molecular weight excluding hydrogens is 306 g/mol. The van der Waals surface area contributed by atoms with E-state index in [-0.39, 0.29) is 11.3 Å². The van der Waals surface area contributed by atoms with E-state index in [1.807, 2.05) is 0 Å². The Kier molecular flexibility index (Phi) is 15.5. The molecule has 0 radical (unpaired) electrons. The molecule has 0 aliphatic rings. The summed E-state index contributed by atoms with van der Waals surface area (Å²) in [5, 5.41) is 19.6.